The molecule has 2 fully saturated rings. The maximum Gasteiger partial charge on any atom is 0.241 e. The van der Waals surface area contributed by atoms with E-state index in [-0.39, 0.29) is 18.1 Å². The van der Waals surface area contributed by atoms with Crippen LogP contribution in [0.3, 0.4) is 0 Å². The van der Waals surface area contributed by atoms with E-state index in [0.29, 0.717) is 5.92 Å². The number of hydrogen-bond acceptors (Lipinski definition) is 3. The number of hydrogen-bond donors (Lipinski definition) is 1. The highest BCUT2D eigenvalue weighted by molar-refractivity contribution is 7.07. The molecular weight excluding hydrogens is 268 g/mol. The molecule has 4 heteroatoms. The predicted octanol–water partition coefficient (Wildman–Crippen LogP) is 3.39. The predicted molar refractivity (Wildman–Crippen MR) is 82.5 cm³/mol. The van der Waals surface area contributed by atoms with Crippen LogP contribution in [0.15, 0.2) is 16.8 Å². The van der Waals surface area contributed by atoms with Crippen molar-refractivity contribution in [3.05, 3.63) is 22.4 Å². The fraction of sp³-hybridized carbons (Fsp3) is 0.688. The van der Waals surface area contributed by atoms with Crippen molar-refractivity contribution in [1.29, 1.82) is 0 Å². The molecule has 1 aromatic rings. The lowest BCUT2D eigenvalue weighted by Gasteiger charge is -2.23. The van der Waals surface area contributed by atoms with E-state index in [2.05, 4.69) is 40.9 Å². The van der Waals surface area contributed by atoms with Crippen molar-refractivity contribution in [2.24, 2.45) is 11.8 Å². The molecule has 2 unspecified atom stereocenters. The summed E-state index contributed by atoms with van der Waals surface area (Å²) in [6.07, 6.45) is 5.31. The third-order valence-corrected chi connectivity index (χ3v) is 5.13. The summed E-state index contributed by atoms with van der Waals surface area (Å²) in [7, 11) is 0. The number of amides is 1. The van der Waals surface area contributed by atoms with Crippen LogP contribution in [0, 0.1) is 11.8 Å². The molecular formula is C16H24N2OS. The highest BCUT2D eigenvalue weighted by atomic mass is 32.1. The van der Waals surface area contributed by atoms with Gasteiger partial charge in [0.25, 0.3) is 0 Å². The van der Waals surface area contributed by atoms with Gasteiger partial charge in [-0.1, -0.05) is 26.7 Å². The van der Waals surface area contributed by atoms with Crippen molar-refractivity contribution in [2.45, 2.75) is 51.7 Å². The van der Waals surface area contributed by atoms with Gasteiger partial charge in [-0.3, -0.25) is 10.1 Å². The van der Waals surface area contributed by atoms with Crippen molar-refractivity contribution >= 4 is 17.2 Å². The quantitative estimate of drug-likeness (QED) is 0.871. The Bertz CT molecular complexity index is 453. The zero-order valence-electron chi connectivity index (χ0n) is 12.3. The van der Waals surface area contributed by atoms with Crippen LogP contribution in [0.25, 0.3) is 0 Å². The van der Waals surface area contributed by atoms with E-state index >= 15 is 0 Å². The summed E-state index contributed by atoms with van der Waals surface area (Å²) in [4.78, 5) is 14.7. The molecule has 3 nitrogen and oxygen atoms in total. The molecule has 3 rings (SSSR count). The number of thiophene rings is 1. The molecule has 2 aliphatic rings. The highest BCUT2D eigenvalue weighted by Gasteiger charge is 2.40. The summed E-state index contributed by atoms with van der Waals surface area (Å²) < 4.78 is 0. The van der Waals surface area contributed by atoms with E-state index in [1.807, 2.05) is 0 Å². The standard InChI is InChI=1S/C16H24N2OS/c1-11(2)14-16(19)18(8-3-4-12-5-6-12)15(17-14)13-7-9-20-10-13/h7,9-12,14-15,17H,3-6,8H2,1-2H3. The van der Waals surface area contributed by atoms with E-state index in [9.17, 15) is 4.79 Å². The zero-order chi connectivity index (χ0) is 14.1. The van der Waals surface area contributed by atoms with E-state index in [4.69, 9.17) is 0 Å². The molecule has 1 amide bonds. The smallest absolute Gasteiger partial charge is 0.241 e. The molecule has 1 aliphatic carbocycles. The Labute approximate surface area is 125 Å². The van der Waals surface area contributed by atoms with Crippen molar-refractivity contribution in [1.82, 2.24) is 10.2 Å². The van der Waals surface area contributed by atoms with Crippen molar-refractivity contribution in [2.75, 3.05) is 6.54 Å². The Morgan fingerprint density at radius 3 is 2.85 bits per heavy atom. The van der Waals surface area contributed by atoms with Crippen LogP contribution in [-0.4, -0.2) is 23.4 Å². The molecule has 1 N–H and O–H groups in total. The Hall–Kier alpha value is -0.870. The number of rotatable bonds is 6. The average Bonchev–Trinajstić information content (AvgIpc) is 2.96. The summed E-state index contributed by atoms with van der Waals surface area (Å²) >= 11 is 1.70. The molecule has 1 saturated carbocycles. The largest absolute Gasteiger partial charge is 0.322 e. The second-order valence-electron chi connectivity index (χ2n) is 6.46. The summed E-state index contributed by atoms with van der Waals surface area (Å²) in [5.41, 5.74) is 1.23. The maximum atomic E-state index is 12.6. The van der Waals surface area contributed by atoms with Gasteiger partial charge in [0.2, 0.25) is 5.91 Å². The zero-order valence-corrected chi connectivity index (χ0v) is 13.2. The van der Waals surface area contributed by atoms with Crippen molar-refractivity contribution < 1.29 is 4.79 Å². The molecule has 20 heavy (non-hydrogen) atoms. The summed E-state index contributed by atoms with van der Waals surface area (Å²) in [5.74, 6) is 1.57. The van der Waals surface area contributed by atoms with Gasteiger partial charge in [-0.05, 0) is 47.1 Å². The lowest BCUT2D eigenvalue weighted by atomic mass is 10.0. The third-order valence-electron chi connectivity index (χ3n) is 4.43. The summed E-state index contributed by atoms with van der Waals surface area (Å²) in [6, 6.07) is 2.10. The van der Waals surface area contributed by atoms with Crippen LogP contribution in [-0.2, 0) is 4.79 Å². The summed E-state index contributed by atoms with van der Waals surface area (Å²) in [5, 5.41) is 7.77. The number of carbonyl (C=O) groups is 1. The normalized spacial score (nSPS) is 26.8. The molecule has 2 heterocycles. The van der Waals surface area contributed by atoms with Crippen molar-refractivity contribution in [3.8, 4) is 0 Å². The first-order valence-electron chi connectivity index (χ1n) is 7.75. The minimum absolute atomic E-state index is 0.0270. The van der Waals surface area contributed by atoms with Gasteiger partial charge in [-0.2, -0.15) is 11.3 Å². The Kier molecular flexibility index (Phi) is 4.13. The van der Waals surface area contributed by atoms with Crippen molar-refractivity contribution in [3.63, 3.8) is 0 Å². The van der Waals surface area contributed by atoms with Gasteiger partial charge in [0, 0.05) is 6.54 Å². The van der Waals surface area contributed by atoms with Gasteiger partial charge in [0.15, 0.2) is 0 Å². The van der Waals surface area contributed by atoms with Gasteiger partial charge in [-0.25, -0.2) is 0 Å². The molecule has 0 radical (unpaired) electrons. The number of carbonyl (C=O) groups excluding carboxylic acids is 1. The topological polar surface area (TPSA) is 32.3 Å². The average molecular weight is 292 g/mol. The highest BCUT2D eigenvalue weighted by Crippen LogP contribution is 2.35. The molecule has 0 spiro atoms. The fourth-order valence-corrected chi connectivity index (χ4v) is 3.70. The van der Waals surface area contributed by atoms with Crippen LogP contribution in [0.4, 0.5) is 0 Å². The molecule has 1 aliphatic heterocycles. The lowest BCUT2D eigenvalue weighted by molar-refractivity contribution is -0.130. The molecule has 0 aromatic carbocycles. The van der Waals surface area contributed by atoms with E-state index in [1.165, 1.54) is 24.8 Å². The van der Waals surface area contributed by atoms with Gasteiger partial charge in [-0.15, -0.1) is 0 Å². The first-order valence-corrected chi connectivity index (χ1v) is 8.69. The number of nitrogens with zero attached hydrogens (tertiary/aromatic N) is 1. The van der Waals surface area contributed by atoms with Crippen LogP contribution in [0.5, 0.6) is 0 Å². The Morgan fingerprint density at radius 2 is 2.25 bits per heavy atom. The minimum Gasteiger partial charge on any atom is -0.322 e. The lowest BCUT2D eigenvalue weighted by Crippen LogP contribution is -2.35. The SMILES string of the molecule is CC(C)C1NC(c2ccsc2)N(CCCC2CC2)C1=O. The first kappa shape index (κ1) is 14.1. The summed E-state index contributed by atoms with van der Waals surface area (Å²) in [6.45, 7) is 5.13. The number of nitrogens with one attached hydrogen (secondary N) is 1. The molecule has 0 bridgehead atoms. The maximum absolute atomic E-state index is 12.6. The Balaban J connectivity index is 1.69. The van der Waals surface area contributed by atoms with E-state index in [1.54, 1.807) is 11.3 Å². The van der Waals surface area contributed by atoms with Crippen LogP contribution < -0.4 is 5.32 Å². The minimum atomic E-state index is -0.0270. The molecule has 1 aromatic heterocycles. The van der Waals surface area contributed by atoms with Gasteiger partial charge in [0.05, 0.1) is 6.04 Å². The van der Waals surface area contributed by atoms with Crippen LogP contribution in [0.2, 0.25) is 0 Å². The van der Waals surface area contributed by atoms with E-state index < -0.39 is 0 Å². The second kappa shape index (κ2) is 5.86. The molecule has 110 valence electrons. The van der Waals surface area contributed by atoms with Gasteiger partial charge in [0.1, 0.15) is 6.17 Å². The fourth-order valence-electron chi connectivity index (χ4n) is 3.02. The van der Waals surface area contributed by atoms with Crippen LogP contribution in [0.1, 0.15) is 51.3 Å². The first-order chi connectivity index (χ1) is 9.66. The molecule has 1 saturated heterocycles. The van der Waals surface area contributed by atoms with Gasteiger partial charge < -0.3 is 4.90 Å². The monoisotopic (exact) mass is 292 g/mol. The second-order valence-corrected chi connectivity index (χ2v) is 7.24. The molecule has 2 atom stereocenters. The third kappa shape index (κ3) is 2.91. The van der Waals surface area contributed by atoms with Gasteiger partial charge >= 0.3 is 0 Å². The Morgan fingerprint density at radius 1 is 1.45 bits per heavy atom. The van der Waals surface area contributed by atoms with Crippen LogP contribution >= 0.6 is 11.3 Å². The van der Waals surface area contributed by atoms with E-state index in [0.717, 1.165) is 18.9 Å².